The molecule has 0 heterocycles. The third kappa shape index (κ3) is 4.72. The van der Waals surface area contributed by atoms with Gasteiger partial charge in [0, 0.05) is 11.0 Å². The van der Waals surface area contributed by atoms with Crippen LogP contribution in [0.25, 0.3) is 6.08 Å². The first-order valence-electron chi connectivity index (χ1n) is 6.30. The molecule has 22 heavy (non-hydrogen) atoms. The van der Waals surface area contributed by atoms with Crippen LogP contribution < -0.4 is 10.3 Å². The zero-order valence-electron chi connectivity index (χ0n) is 11.4. The Labute approximate surface area is 128 Å². The lowest BCUT2D eigenvalue weighted by Gasteiger charge is -2.05. The van der Waals surface area contributed by atoms with Gasteiger partial charge in [-0.2, -0.15) is 0 Å². The minimum Gasteiger partial charge on any atom is -0.508 e. The molecular weight excluding hydrogens is 304 g/mol. The zero-order chi connectivity index (χ0) is 16.0. The van der Waals surface area contributed by atoms with Crippen LogP contribution in [0.4, 0.5) is 0 Å². The minimum atomic E-state index is -3.82. The maximum atomic E-state index is 11.7. The number of hydrogen-bond acceptors (Lipinski definition) is 4. The van der Waals surface area contributed by atoms with Crippen LogP contribution in [-0.4, -0.2) is 19.4 Å². The van der Waals surface area contributed by atoms with Crippen LogP contribution >= 0.6 is 0 Å². The Morgan fingerprint density at radius 1 is 1.05 bits per heavy atom. The summed E-state index contributed by atoms with van der Waals surface area (Å²) in [6, 6.07) is 14.4. The van der Waals surface area contributed by atoms with E-state index in [0.717, 1.165) is 5.41 Å². The summed E-state index contributed by atoms with van der Waals surface area (Å²) in [5, 5.41) is 10.2. The number of carbonyl (C=O) groups is 1. The second-order valence-electron chi connectivity index (χ2n) is 4.36. The normalized spacial score (nSPS) is 11.5. The van der Waals surface area contributed by atoms with E-state index in [-0.39, 0.29) is 11.3 Å². The van der Waals surface area contributed by atoms with Crippen LogP contribution in [0.5, 0.6) is 5.75 Å². The molecule has 0 aliphatic rings. The van der Waals surface area contributed by atoms with E-state index in [1.54, 1.807) is 24.3 Å². The molecule has 0 unspecified atom stereocenters. The molecule has 0 saturated carbocycles. The molecule has 2 aromatic rings. The number of aromatic hydroxyl groups is 1. The van der Waals surface area contributed by atoms with Gasteiger partial charge in [0.1, 0.15) is 5.75 Å². The van der Waals surface area contributed by atoms with E-state index in [0.29, 0.717) is 5.56 Å². The molecule has 3 N–H and O–H groups in total. The predicted octanol–water partition coefficient (Wildman–Crippen LogP) is 1.63. The standard InChI is InChI=1S/C15H14N2O4S/c18-14-8-4-7-13(11-14)15(19)16-17-22(20,21)10-9-12-5-2-1-3-6-12/h1-11,17-18H,(H,16,19)/b10-9+. The van der Waals surface area contributed by atoms with E-state index >= 15 is 0 Å². The van der Waals surface area contributed by atoms with Gasteiger partial charge in [0.15, 0.2) is 0 Å². The fourth-order valence-electron chi connectivity index (χ4n) is 1.60. The average molecular weight is 318 g/mol. The highest BCUT2D eigenvalue weighted by Gasteiger charge is 2.10. The van der Waals surface area contributed by atoms with E-state index in [9.17, 15) is 18.3 Å². The van der Waals surface area contributed by atoms with Crippen molar-refractivity contribution in [1.82, 2.24) is 10.3 Å². The van der Waals surface area contributed by atoms with Crippen molar-refractivity contribution in [3.63, 3.8) is 0 Å². The monoisotopic (exact) mass is 318 g/mol. The Morgan fingerprint density at radius 2 is 1.77 bits per heavy atom. The van der Waals surface area contributed by atoms with Crippen molar-refractivity contribution < 1.29 is 18.3 Å². The number of nitrogens with one attached hydrogen (secondary N) is 2. The largest absolute Gasteiger partial charge is 0.508 e. The summed E-state index contributed by atoms with van der Waals surface area (Å²) in [7, 11) is -3.82. The van der Waals surface area contributed by atoms with Crippen LogP contribution in [0.3, 0.4) is 0 Å². The van der Waals surface area contributed by atoms with Gasteiger partial charge in [-0.1, -0.05) is 36.4 Å². The van der Waals surface area contributed by atoms with Crippen LogP contribution in [0.1, 0.15) is 15.9 Å². The quantitative estimate of drug-likeness (QED) is 0.730. The van der Waals surface area contributed by atoms with Crippen LogP contribution in [0, 0.1) is 0 Å². The lowest BCUT2D eigenvalue weighted by Crippen LogP contribution is -2.40. The number of hydrogen-bond donors (Lipinski definition) is 3. The molecule has 0 atom stereocenters. The number of phenolic OH excluding ortho intramolecular Hbond substituents is 1. The highest BCUT2D eigenvalue weighted by Crippen LogP contribution is 2.10. The fraction of sp³-hybridized carbons (Fsp3) is 0. The first-order chi connectivity index (χ1) is 10.5. The minimum absolute atomic E-state index is 0.0838. The van der Waals surface area contributed by atoms with E-state index in [1.165, 1.54) is 30.3 Å². The number of benzene rings is 2. The number of phenols is 1. The average Bonchev–Trinajstić information content (AvgIpc) is 2.52. The van der Waals surface area contributed by atoms with Gasteiger partial charge in [-0.15, -0.1) is 4.83 Å². The molecule has 114 valence electrons. The summed E-state index contributed by atoms with van der Waals surface area (Å²) in [6.45, 7) is 0. The number of rotatable bonds is 5. The molecule has 0 aliphatic carbocycles. The molecule has 2 rings (SSSR count). The van der Waals surface area contributed by atoms with Crippen molar-refractivity contribution in [2.45, 2.75) is 0 Å². The van der Waals surface area contributed by atoms with E-state index in [4.69, 9.17) is 0 Å². The molecular formula is C15H14N2O4S. The van der Waals surface area contributed by atoms with Gasteiger partial charge in [0.05, 0.1) is 0 Å². The second-order valence-corrected chi connectivity index (χ2v) is 5.93. The number of sulfonamides is 1. The molecule has 0 aromatic heterocycles. The van der Waals surface area contributed by atoms with Crippen molar-refractivity contribution >= 4 is 22.0 Å². The Morgan fingerprint density at radius 3 is 2.45 bits per heavy atom. The highest BCUT2D eigenvalue weighted by molar-refractivity contribution is 7.92. The zero-order valence-corrected chi connectivity index (χ0v) is 12.2. The summed E-state index contributed by atoms with van der Waals surface area (Å²) >= 11 is 0. The van der Waals surface area contributed by atoms with E-state index < -0.39 is 15.9 Å². The van der Waals surface area contributed by atoms with Gasteiger partial charge in [0.2, 0.25) is 0 Å². The van der Waals surface area contributed by atoms with Crippen molar-refractivity contribution in [2.24, 2.45) is 0 Å². The lowest BCUT2D eigenvalue weighted by molar-refractivity contribution is 0.0945. The summed E-state index contributed by atoms with van der Waals surface area (Å²) in [5.41, 5.74) is 2.91. The summed E-state index contributed by atoms with van der Waals surface area (Å²) in [6.07, 6.45) is 1.41. The van der Waals surface area contributed by atoms with Crippen molar-refractivity contribution in [2.75, 3.05) is 0 Å². The molecule has 1 amide bonds. The van der Waals surface area contributed by atoms with E-state index in [1.807, 2.05) is 10.9 Å². The highest BCUT2D eigenvalue weighted by atomic mass is 32.2. The van der Waals surface area contributed by atoms with Gasteiger partial charge in [-0.25, -0.2) is 8.42 Å². The smallest absolute Gasteiger partial charge is 0.266 e. The molecule has 0 saturated heterocycles. The summed E-state index contributed by atoms with van der Waals surface area (Å²) < 4.78 is 23.5. The van der Waals surface area contributed by atoms with Crippen molar-refractivity contribution in [1.29, 1.82) is 0 Å². The van der Waals surface area contributed by atoms with Gasteiger partial charge < -0.3 is 5.11 Å². The first kappa shape index (κ1) is 15.7. The van der Waals surface area contributed by atoms with Crippen LogP contribution in [0.2, 0.25) is 0 Å². The van der Waals surface area contributed by atoms with Crippen molar-refractivity contribution in [3.8, 4) is 5.75 Å². The SMILES string of the molecule is O=C(NNS(=O)(=O)/C=C/c1ccccc1)c1cccc(O)c1. The Kier molecular flexibility index (Phi) is 4.92. The molecule has 0 aliphatic heterocycles. The third-order valence-corrected chi connectivity index (χ3v) is 3.54. The van der Waals surface area contributed by atoms with Gasteiger partial charge >= 0.3 is 0 Å². The van der Waals surface area contributed by atoms with Crippen molar-refractivity contribution in [3.05, 3.63) is 71.1 Å². The molecule has 0 bridgehead atoms. The molecule has 7 heteroatoms. The number of amides is 1. The summed E-state index contributed by atoms with van der Waals surface area (Å²) in [5.74, 6) is -0.757. The fourth-order valence-corrected chi connectivity index (χ4v) is 2.24. The predicted molar refractivity (Wildman–Crippen MR) is 83.1 cm³/mol. The van der Waals surface area contributed by atoms with Gasteiger partial charge in [-0.05, 0) is 29.8 Å². The maximum Gasteiger partial charge on any atom is 0.266 e. The molecule has 6 nitrogen and oxygen atoms in total. The summed E-state index contributed by atoms with van der Waals surface area (Å²) in [4.78, 5) is 13.7. The first-order valence-corrected chi connectivity index (χ1v) is 7.85. The Bertz CT molecular complexity index is 786. The molecule has 0 fully saturated rings. The lowest BCUT2D eigenvalue weighted by atomic mass is 10.2. The van der Waals surface area contributed by atoms with Gasteiger partial charge in [0.25, 0.3) is 15.9 Å². The Balaban J connectivity index is 1.98. The number of hydrazine groups is 1. The Hall–Kier alpha value is -2.64. The van der Waals surface area contributed by atoms with Crippen LogP contribution in [0.15, 0.2) is 60.0 Å². The molecule has 0 radical (unpaired) electrons. The molecule has 2 aromatic carbocycles. The second kappa shape index (κ2) is 6.88. The molecule has 0 spiro atoms. The third-order valence-electron chi connectivity index (χ3n) is 2.65. The van der Waals surface area contributed by atoms with Gasteiger partial charge in [-0.3, -0.25) is 10.2 Å². The maximum absolute atomic E-state index is 11.7. The number of carbonyl (C=O) groups excluding carboxylic acids is 1. The van der Waals surface area contributed by atoms with Crippen LogP contribution in [-0.2, 0) is 10.0 Å². The topological polar surface area (TPSA) is 95.5 Å². The van der Waals surface area contributed by atoms with E-state index in [2.05, 4.69) is 5.43 Å².